The average molecular weight is 519 g/mol. The fourth-order valence-corrected chi connectivity index (χ4v) is 3.12. The van der Waals surface area contributed by atoms with E-state index in [0.717, 1.165) is 22.0 Å². The van der Waals surface area contributed by atoms with Gasteiger partial charge in [-0.15, -0.1) is 0 Å². The van der Waals surface area contributed by atoms with Crippen LogP contribution in [0, 0.1) is 10.5 Å². The van der Waals surface area contributed by atoms with Crippen molar-refractivity contribution in [3.05, 3.63) is 26.5 Å². The summed E-state index contributed by atoms with van der Waals surface area (Å²) in [4.78, 5) is 24.4. The molecule has 0 aliphatic heterocycles. The summed E-state index contributed by atoms with van der Waals surface area (Å²) < 4.78 is 22.2. The molecule has 0 radical (unpaired) electrons. The van der Waals surface area contributed by atoms with Crippen LogP contribution >= 0.6 is 22.6 Å². The molecule has 0 saturated carbocycles. The molecule has 1 aromatic carbocycles. The molecule has 8 heteroatoms. The Morgan fingerprint density at radius 1 is 1.21 bits per heavy atom. The van der Waals surface area contributed by atoms with Crippen LogP contribution in [0.2, 0.25) is 0 Å². The summed E-state index contributed by atoms with van der Waals surface area (Å²) in [6.45, 7) is 9.74. The second-order valence-electron chi connectivity index (χ2n) is 7.34. The van der Waals surface area contributed by atoms with E-state index in [4.69, 9.17) is 18.9 Å². The molecule has 0 aromatic heterocycles. The molecule has 0 atom stereocenters. The predicted molar refractivity (Wildman–Crippen MR) is 120 cm³/mol. The second kappa shape index (κ2) is 11.3. The highest BCUT2D eigenvalue weighted by atomic mass is 127. The maximum Gasteiger partial charge on any atom is 0.412 e. The van der Waals surface area contributed by atoms with Gasteiger partial charge in [-0.3, -0.25) is 5.32 Å². The van der Waals surface area contributed by atoms with Gasteiger partial charge in [0.1, 0.15) is 11.3 Å². The van der Waals surface area contributed by atoms with Gasteiger partial charge in [0.2, 0.25) is 0 Å². The molecular formula is C21H30INO6. The molecule has 1 amide bonds. The van der Waals surface area contributed by atoms with Gasteiger partial charge in [0, 0.05) is 0 Å². The van der Waals surface area contributed by atoms with Crippen LogP contribution < -0.4 is 14.8 Å². The largest absolute Gasteiger partial charge is 0.493 e. The summed E-state index contributed by atoms with van der Waals surface area (Å²) in [5, 5.41) is 2.47. The van der Waals surface area contributed by atoms with Crippen molar-refractivity contribution in [1.29, 1.82) is 0 Å². The van der Waals surface area contributed by atoms with Gasteiger partial charge in [0.25, 0.3) is 0 Å². The fourth-order valence-electron chi connectivity index (χ4n) is 2.40. The third-order valence-electron chi connectivity index (χ3n) is 3.68. The first kappa shape index (κ1) is 25.1. The van der Waals surface area contributed by atoms with Crippen LogP contribution in [-0.2, 0) is 14.3 Å². The normalized spacial score (nSPS) is 11.7. The van der Waals surface area contributed by atoms with Crippen LogP contribution in [0.25, 0.3) is 6.08 Å². The van der Waals surface area contributed by atoms with E-state index in [2.05, 4.69) is 34.8 Å². The highest BCUT2D eigenvalue weighted by Crippen LogP contribution is 2.39. The molecule has 1 N–H and O–H groups in total. The number of hydrogen-bond donors (Lipinski definition) is 1. The summed E-state index contributed by atoms with van der Waals surface area (Å²) in [6.07, 6.45) is 2.71. The zero-order valence-corrected chi connectivity index (χ0v) is 20.3. The van der Waals surface area contributed by atoms with Gasteiger partial charge in [0.15, 0.2) is 11.5 Å². The molecule has 0 unspecified atom stereocenters. The standard InChI is InChI=1S/C21H30INO6/c1-8-9-10-28-18-16(22)14(11-13(2)17(18)26-6)12-15(19(24)27-7)23-20(25)29-21(3,4)5/h11-12H,8-10H2,1-7H3,(H,23,25)/b15-12-. The fraction of sp³-hybridized carbons (Fsp3) is 0.524. The third-order valence-corrected chi connectivity index (χ3v) is 4.79. The van der Waals surface area contributed by atoms with Crippen molar-refractivity contribution in [3.63, 3.8) is 0 Å². The number of nitrogens with one attached hydrogen (secondary N) is 1. The van der Waals surface area contributed by atoms with Crippen LogP contribution in [0.15, 0.2) is 11.8 Å². The number of hydrogen-bond acceptors (Lipinski definition) is 6. The van der Waals surface area contributed by atoms with Crippen LogP contribution in [0.1, 0.15) is 51.7 Å². The van der Waals surface area contributed by atoms with Gasteiger partial charge < -0.3 is 18.9 Å². The first-order chi connectivity index (χ1) is 13.5. The lowest BCUT2D eigenvalue weighted by Crippen LogP contribution is -2.34. The molecule has 0 fully saturated rings. The first-order valence-electron chi connectivity index (χ1n) is 9.33. The van der Waals surface area contributed by atoms with Crippen molar-refractivity contribution in [2.45, 2.75) is 53.1 Å². The Morgan fingerprint density at radius 2 is 1.86 bits per heavy atom. The molecule has 1 aromatic rings. The minimum Gasteiger partial charge on any atom is -0.493 e. The number of amides is 1. The van der Waals surface area contributed by atoms with Gasteiger partial charge in [-0.2, -0.15) is 0 Å². The van der Waals surface area contributed by atoms with Crippen molar-refractivity contribution in [1.82, 2.24) is 5.32 Å². The number of alkyl carbamates (subject to hydrolysis) is 1. The van der Waals surface area contributed by atoms with E-state index in [1.54, 1.807) is 27.9 Å². The molecule has 1 rings (SSSR count). The molecule has 29 heavy (non-hydrogen) atoms. The highest BCUT2D eigenvalue weighted by molar-refractivity contribution is 14.1. The molecule has 0 aliphatic rings. The Kier molecular flexibility index (Phi) is 9.75. The van der Waals surface area contributed by atoms with E-state index in [1.807, 2.05) is 13.0 Å². The number of esters is 1. The number of methoxy groups -OCH3 is 2. The lowest BCUT2D eigenvalue weighted by atomic mass is 10.1. The molecule has 0 bridgehead atoms. The zero-order valence-electron chi connectivity index (χ0n) is 18.1. The number of unbranched alkanes of at least 4 members (excludes halogenated alkanes) is 1. The highest BCUT2D eigenvalue weighted by Gasteiger charge is 2.22. The maximum absolute atomic E-state index is 12.2. The van der Waals surface area contributed by atoms with Crippen molar-refractivity contribution in [2.24, 2.45) is 0 Å². The average Bonchev–Trinajstić information content (AvgIpc) is 2.62. The zero-order chi connectivity index (χ0) is 22.2. The Bertz CT molecular complexity index is 767. The van der Waals surface area contributed by atoms with Gasteiger partial charge in [0.05, 0.1) is 24.4 Å². The summed E-state index contributed by atoms with van der Waals surface area (Å²) in [5.74, 6) is 0.560. The smallest absolute Gasteiger partial charge is 0.412 e. The predicted octanol–water partition coefficient (Wildman–Crippen LogP) is 4.83. The number of halogens is 1. The lowest BCUT2D eigenvalue weighted by molar-refractivity contribution is -0.136. The SMILES string of the molecule is CCCCOc1c(I)c(/C=C(\NC(=O)OC(C)(C)C)C(=O)OC)cc(C)c1OC. The van der Waals surface area contributed by atoms with E-state index < -0.39 is 17.7 Å². The second-order valence-corrected chi connectivity index (χ2v) is 8.42. The molecule has 0 aliphatic carbocycles. The van der Waals surface area contributed by atoms with E-state index >= 15 is 0 Å². The van der Waals surface area contributed by atoms with E-state index in [9.17, 15) is 9.59 Å². The van der Waals surface area contributed by atoms with Crippen molar-refractivity contribution in [2.75, 3.05) is 20.8 Å². The van der Waals surface area contributed by atoms with Crippen LogP contribution in [0.4, 0.5) is 4.79 Å². The van der Waals surface area contributed by atoms with Gasteiger partial charge in [-0.05, 0) is 80.0 Å². The molecule has 0 heterocycles. The van der Waals surface area contributed by atoms with Gasteiger partial charge in [-0.25, -0.2) is 9.59 Å². The quantitative estimate of drug-likeness (QED) is 0.230. The van der Waals surface area contributed by atoms with E-state index in [0.29, 0.717) is 23.7 Å². The van der Waals surface area contributed by atoms with E-state index in [1.165, 1.54) is 13.2 Å². The maximum atomic E-state index is 12.2. The summed E-state index contributed by atoms with van der Waals surface area (Å²) in [6, 6.07) is 1.85. The minimum atomic E-state index is -0.742. The summed E-state index contributed by atoms with van der Waals surface area (Å²) >= 11 is 2.14. The molecule has 0 saturated heterocycles. The topological polar surface area (TPSA) is 83.1 Å². The Hall–Kier alpha value is -1.97. The Morgan fingerprint density at radius 3 is 2.38 bits per heavy atom. The number of rotatable bonds is 8. The number of aryl methyl sites for hydroxylation is 1. The monoisotopic (exact) mass is 519 g/mol. The van der Waals surface area contributed by atoms with Gasteiger partial charge in [-0.1, -0.05) is 13.3 Å². The van der Waals surface area contributed by atoms with Crippen molar-refractivity contribution >= 4 is 40.7 Å². The number of carbonyl (C=O) groups is 2. The van der Waals surface area contributed by atoms with Crippen LogP contribution in [0.3, 0.4) is 0 Å². The number of ether oxygens (including phenoxy) is 4. The first-order valence-corrected chi connectivity index (χ1v) is 10.4. The molecule has 162 valence electrons. The third kappa shape index (κ3) is 7.75. The molecule has 7 nitrogen and oxygen atoms in total. The lowest BCUT2D eigenvalue weighted by Gasteiger charge is -2.20. The minimum absolute atomic E-state index is 0.0382. The molecular weight excluding hydrogens is 489 g/mol. The van der Waals surface area contributed by atoms with E-state index in [-0.39, 0.29) is 5.70 Å². The number of benzene rings is 1. The molecule has 0 spiro atoms. The van der Waals surface area contributed by atoms with Crippen molar-refractivity contribution < 1.29 is 28.5 Å². The summed E-state index contributed by atoms with van der Waals surface area (Å²) in [7, 11) is 2.83. The Labute approximate surface area is 186 Å². The van der Waals surface area contributed by atoms with Gasteiger partial charge >= 0.3 is 12.1 Å². The van der Waals surface area contributed by atoms with Crippen LogP contribution in [0.5, 0.6) is 11.5 Å². The summed E-state index contributed by atoms with van der Waals surface area (Å²) in [5.41, 5.74) is 0.791. The Balaban J connectivity index is 3.36. The van der Waals surface area contributed by atoms with Crippen LogP contribution in [-0.4, -0.2) is 38.5 Å². The number of carbonyl (C=O) groups excluding carboxylic acids is 2. The van der Waals surface area contributed by atoms with Crippen molar-refractivity contribution in [3.8, 4) is 11.5 Å².